The topological polar surface area (TPSA) is 189 Å². The van der Waals surface area contributed by atoms with Gasteiger partial charge in [0, 0.05) is 126 Å². The Bertz CT molecular complexity index is 7500. The van der Waals surface area contributed by atoms with Crippen molar-refractivity contribution in [3.05, 3.63) is 402 Å². The Morgan fingerprint density at radius 2 is 0.500 bits per heavy atom. The van der Waals surface area contributed by atoms with Gasteiger partial charge < -0.3 is 57.8 Å². The third-order valence-corrected chi connectivity index (χ3v) is 26.4. The highest BCUT2D eigenvalue weighted by Crippen LogP contribution is 2.45. The van der Waals surface area contributed by atoms with Crippen LogP contribution >= 0.6 is 0 Å². The predicted molar refractivity (Wildman–Crippen MR) is 575 cm³/mol. The number of hydrogen-bond donors (Lipinski definition) is 4. The van der Waals surface area contributed by atoms with Crippen molar-refractivity contribution >= 4 is 92.7 Å². The highest BCUT2D eigenvalue weighted by molar-refractivity contribution is 6.01. The van der Waals surface area contributed by atoms with Gasteiger partial charge in [-0.1, -0.05) is 255 Å². The largest absolute Gasteiger partial charge is 0.493 e. The number of ether oxygens (including phenoxy) is 8. The molecule has 0 amide bonds. The molecule has 0 unspecified atom stereocenters. The van der Waals surface area contributed by atoms with Gasteiger partial charge in [-0.3, -0.25) is 0 Å². The quantitative estimate of drug-likeness (QED) is 0.0849. The summed E-state index contributed by atoms with van der Waals surface area (Å²) in [6.07, 6.45) is 20.0. The fourth-order valence-electron chi connectivity index (χ4n) is 19.8. The summed E-state index contributed by atoms with van der Waals surface area (Å²) in [5.74, 6) is 18.4. The van der Waals surface area contributed by atoms with Crippen LogP contribution in [0, 0.1) is 37.5 Å². The van der Waals surface area contributed by atoms with E-state index in [1.165, 1.54) is 11.1 Å². The number of fused-ring (bicyclic) bond motifs is 18. The van der Waals surface area contributed by atoms with E-state index in [9.17, 15) is 0 Å². The summed E-state index contributed by atoms with van der Waals surface area (Å²) in [7, 11) is 0. The lowest BCUT2D eigenvalue weighted by Gasteiger charge is -2.23. The molecule has 26 bridgehead atoms. The van der Waals surface area contributed by atoms with Gasteiger partial charge in [0.25, 0.3) is 0 Å². The number of nitrogens with one attached hydrogen (secondary N) is 4. The molecule has 0 saturated heterocycles. The molecule has 16 aromatic rings. The van der Waals surface area contributed by atoms with E-state index in [4.69, 9.17) is 57.8 Å². The summed E-state index contributed by atoms with van der Waals surface area (Å²) >= 11 is 0. The normalized spacial score (nSPS) is 13.7. The third kappa shape index (κ3) is 19.5. The molecule has 4 N–H and O–H groups in total. The van der Waals surface area contributed by atoms with Gasteiger partial charge in [0.1, 0.15) is 36.2 Å². The molecule has 1 aliphatic carbocycles. The number of rotatable bonds is 12. The van der Waals surface area contributed by atoms with E-state index in [-0.39, 0.29) is 13.2 Å². The van der Waals surface area contributed by atoms with Crippen LogP contribution in [0.2, 0.25) is 0 Å². The first kappa shape index (κ1) is 90.7. The zero-order valence-corrected chi connectivity index (χ0v) is 80.0. The highest BCUT2D eigenvalue weighted by atomic mass is 16.6. The van der Waals surface area contributed by atoms with Gasteiger partial charge >= 0.3 is 0 Å². The van der Waals surface area contributed by atoms with Gasteiger partial charge in [-0.2, -0.15) is 0 Å². The Hall–Kier alpha value is -16.4. The maximum atomic E-state index is 7.32. The van der Waals surface area contributed by atoms with Crippen molar-refractivity contribution < 1.29 is 37.9 Å². The van der Waals surface area contributed by atoms with Crippen LogP contribution in [0.15, 0.2) is 279 Å². The van der Waals surface area contributed by atoms with Crippen LogP contribution in [-0.2, 0) is 44.6 Å². The fourth-order valence-corrected chi connectivity index (χ4v) is 19.8. The number of nitrogens with zero attached hydrogens (tertiary/aromatic N) is 4. The second-order valence-electron chi connectivity index (χ2n) is 36.3. The van der Waals surface area contributed by atoms with Crippen molar-refractivity contribution in [1.82, 2.24) is 39.9 Å². The fraction of sp³-hybridized carbons (Fsp3) is 0.175. The monoisotopic (exact) mass is 1860 g/mol. The van der Waals surface area contributed by atoms with Crippen LogP contribution in [-0.4, -0.2) is 119 Å². The molecule has 6 aromatic heterocycles. The van der Waals surface area contributed by atoms with Crippen molar-refractivity contribution in [1.29, 1.82) is 0 Å². The molecule has 0 fully saturated rings. The summed E-state index contributed by atoms with van der Waals surface area (Å²) < 4.78 is 53.9. The molecule has 6 aliphatic rings. The van der Waals surface area contributed by atoms with E-state index >= 15 is 0 Å². The number of para-hydroxylation sites is 2. The van der Waals surface area contributed by atoms with Crippen LogP contribution in [0.25, 0.3) is 160 Å². The smallest absolute Gasteiger partial charge is 0.126 e. The van der Waals surface area contributed by atoms with Crippen molar-refractivity contribution in [2.75, 3.05) is 79.3 Å². The summed E-state index contributed by atoms with van der Waals surface area (Å²) in [6.45, 7) is 12.8. The molecule has 10 aromatic carbocycles. The van der Waals surface area contributed by atoms with Crippen molar-refractivity contribution in [2.24, 2.45) is 0 Å². The first-order valence-corrected chi connectivity index (χ1v) is 49.2. The van der Waals surface area contributed by atoms with Gasteiger partial charge in [0.05, 0.1) is 134 Å². The maximum Gasteiger partial charge on any atom is 0.126 e. The Morgan fingerprint density at radius 1 is 0.254 bits per heavy atom. The number of aromatic nitrogens is 8. The van der Waals surface area contributed by atoms with E-state index in [0.717, 1.165) is 237 Å². The predicted octanol–water partition coefficient (Wildman–Crippen LogP) is 27.1. The minimum atomic E-state index is 0.238. The molecule has 5 aliphatic heterocycles. The van der Waals surface area contributed by atoms with Crippen molar-refractivity contribution in [3.8, 4) is 113 Å². The Labute approximate surface area is 826 Å². The minimum Gasteiger partial charge on any atom is -0.493 e. The average molecular weight is 1860 g/mol. The van der Waals surface area contributed by atoms with Crippen LogP contribution in [0.4, 0.5) is 0 Å². The van der Waals surface area contributed by atoms with E-state index in [1.807, 2.05) is 0 Å². The first-order chi connectivity index (χ1) is 70.1. The molecule has 11 heterocycles. The molecule has 22 rings (SSSR count). The van der Waals surface area contributed by atoms with Crippen molar-refractivity contribution in [2.45, 2.75) is 66.2 Å². The van der Waals surface area contributed by atoms with Gasteiger partial charge in [-0.25, -0.2) is 19.9 Å². The summed E-state index contributed by atoms with van der Waals surface area (Å²) in [4.78, 5) is 38.2. The molecule has 0 saturated carbocycles. The average Bonchev–Trinajstić information content (AvgIpc) is 1.56. The third-order valence-electron chi connectivity index (χ3n) is 26.4. The summed E-state index contributed by atoms with van der Waals surface area (Å²) in [5, 5.41) is 0. The van der Waals surface area contributed by atoms with Gasteiger partial charge in [-0.15, -0.1) is 0 Å². The zero-order chi connectivity index (χ0) is 95.6. The highest BCUT2D eigenvalue weighted by Gasteiger charge is 2.28. The molecule has 142 heavy (non-hydrogen) atoms. The second kappa shape index (κ2) is 41.7. The SMILES string of the molecule is CCCOc1c2cc(C#Cc3c4nc(c(-c5ccccc5)c5ccc([nH]5)c(-c5ccc(C)cc5)c5nc(c(-c6ccccc6)c6ccc3[nH]6)C=C5)C=C4)cc1Cc1cccc3c1OCCOCCOCCOCCOCCOc1c(cccc1Cc1cc(C#Cc4c5nc(c(-c6ccccc6)c6ccc([nH]6)c(-c6ccc(C)cc6)c6nc(c(-c7ccccc7)c7ccc4[nH]7)C=C6)C=C5)cc(c1OCCC)C3)C2. The zero-order valence-electron chi connectivity index (χ0n) is 80.0. The number of H-pyrrole nitrogens is 4. The molecule has 0 atom stereocenters. The van der Waals surface area contributed by atoms with Gasteiger partial charge in [0.15, 0.2) is 0 Å². The molecule has 698 valence electrons. The Kier molecular flexibility index (Phi) is 26.6. The van der Waals surface area contributed by atoms with E-state index < -0.39 is 0 Å². The van der Waals surface area contributed by atoms with Crippen LogP contribution in [0.1, 0.15) is 150 Å². The molecule has 0 radical (unpaired) electrons. The Morgan fingerprint density at radius 3 is 0.782 bits per heavy atom. The van der Waals surface area contributed by atoms with Crippen LogP contribution in [0.3, 0.4) is 0 Å². The van der Waals surface area contributed by atoms with Crippen LogP contribution < -0.4 is 18.9 Å². The first-order valence-electron chi connectivity index (χ1n) is 49.2. The number of aromatic amines is 4. The van der Waals surface area contributed by atoms with E-state index in [1.54, 1.807) is 0 Å². The van der Waals surface area contributed by atoms with Gasteiger partial charge in [0.2, 0.25) is 0 Å². The molecule has 0 spiro atoms. The summed E-state index contributed by atoms with van der Waals surface area (Å²) in [6, 6.07) is 98.4. The summed E-state index contributed by atoms with van der Waals surface area (Å²) in [5.41, 5.74) is 37.9. The standard InChI is InChI=1S/C126H106N8O8/c1-5-61-139-125-95-73-83(37-43-99-101-45-49-105(127-101)117(85-21-11-7-12-22-85)109-53-57-113(131-109)121(89-39-33-81(3)34-40-89)114-58-54-110(132-114)118(86-23-13-8-14-24-86)106-50-46-102(99)128-106)74-96(125)78-92-30-20-32-94-80-98-76-84(75-97(126(98)140-62-6-2)79-93-31-19-29-91(77-95)123(93)141-71-69-137-67-65-135-63-64-136-66-68-138-70-72-142-124(92)94)38-44-100-103-47-51-107(129-103)119(87-25-15-9-16-26-87)111-55-59-115(133-111)122(90-41-35-82(4)36-42-90)116-60-56-112(134-116)120(88-27-17-10-18-28-88)108-52-48-104(100)130-108/h7-36,39-42,45-60,73-76,127,129,132,134H,5-6,61-72,77-80H2,1-4H3. The molecule has 16 heteroatoms. The lowest BCUT2D eigenvalue weighted by molar-refractivity contribution is -0.00706. The van der Waals surface area contributed by atoms with Crippen molar-refractivity contribution in [3.63, 3.8) is 0 Å². The molecular formula is C126H106N8O8. The number of benzene rings is 10. The Balaban J connectivity index is 0.740. The second-order valence-corrected chi connectivity index (χ2v) is 36.3. The minimum absolute atomic E-state index is 0.238. The van der Waals surface area contributed by atoms with E-state index in [0.29, 0.717) is 114 Å². The molecule has 16 nitrogen and oxygen atoms in total. The van der Waals surface area contributed by atoms with Crippen LogP contribution in [0.5, 0.6) is 23.0 Å². The van der Waals surface area contributed by atoms with E-state index in [2.05, 4.69) is 399 Å². The maximum absolute atomic E-state index is 7.32. The lowest BCUT2D eigenvalue weighted by atomic mass is 9.89. The van der Waals surface area contributed by atoms with Gasteiger partial charge in [-0.05, 0) is 204 Å². The number of aryl methyl sites for hydroxylation is 2. The lowest BCUT2D eigenvalue weighted by Crippen LogP contribution is -2.15. The molecular weight excluding hydrogens is 1750 g/mol. The number of hydrogen-bond acceptors (Lipinski definition) is 12.